The average Bonchev–Trinajstić information content (AvgIpc) is 1.63. The summed E-state index contributed by atoms with van der Waals surface area (Å²) in [4.78, 5) is 116. The molecule has 2 aliphatic rings. The number of hydrogen-bond donors (Lipinski definition) is 5. The fraction of sp³-hybridized carbons (Fsp3) is 0.347. The van der Waals surface area contributed by atoms with Crippen molar-refractivity contribution in [3.63, 3.8) is 0 Å². The molecule has 0 unspecified atom stereocenters. The van der Waals surface area contributed by atoms with E-state index in [1.54, 1.807) is 12.3 Å². The molecule has 9 rings (SSSR count). The minimum absolute atomic E-state index is 0. The molecule has 0 bridgehead atoms. The van der Waals surface area contributed by atoms with E-state index in [1.807, 2.05) is 148 Å². The van der Waals surface area contributed by atoms with E-state index >= 15 is 0 Å². The van der Waals surface area contributed by atoms with Crippen LogP contribution >= 0.6 is 0 Å². The normalized spacial score (nSPS) is 11.6. The topological polar surface area (TPSA) is 339 Å². The summed E-state index contributed by atoms with van der Waals surface area (Å²) in [5.74, 6) is -4.66. The number of nitrogens with zero attached hydrogens (tertiary/aromatic N) is 7. The summed E-state index contributed by atoms with van der Waals surface area (Å²) in [7, 11) is 11.9. The Kier molecular flexibility index (Phi) is 36.7. The van der Waals surface area contributed by atoms with Crippen LogP contribution < -0.4 is 65.7 Å². The second-order valence-corrected chi connectivity index (χ2v) is 23.1. The van der Waals surface area contributed by atoms with Gasteiger partial charge in [0.05, 0.1) is 11.4 Å². The quantitative estimate of drug-likeness (QED) is 0.0160. The van der Waals surface area contributed by atoms with Crippen LogP contribution in [0.1, 0.15) is 115 Å². The minimum atomic E-state index is -1.08. The van der Waals surface area contributed by atoms with Gasteiger partial charge in [-0.2, -0.15) is 0 Å². The van der Waals surface area contributed by atoms with Gasteiger partial charge in [-0.25, -0.2) is 38.5 Å². The van der Waals surface area contributed by atoms with E-state index in [4.69, 9.17) is 25.1 Å². The number of carboxylic acid groups (broad SMARTS) is 3. The number of carboxylic acids is 3. The number of aliphatic carboxylic acids is 3. The van der Waals surface area contributed by atoms with Crippen molar-refractivity contribution in [1.29, 1.82) is 0 Å². The van der Waals surface area contributed by atoms with E-state index in [0.29, 0.717) is 51.1 Å². The first-order valence-electron chi connectivity index (χ1n) is 31.4. The number of hydrogen-bond acceptors (Lipinski definition) is 21. The Morgan fingerprint density at radius 2 is 0.869 bits per heavy atom. The predicted molar refractivity (Wildman–Crippen MR) is 371 cm³/mol. The number of fused-ring (bicyclic) bond motifs is 6. The summed E-state index contributed by atoms with van der Waals surface area (Å²) in [6.07, 6.45) is 7.88. The van der Waals surface area contributed by atoms with Crippen LogP contribution in [-0.2, 0) is 56.3 Å². The van der Waals surface area contributed by atoms with Crippen LogP contribution in [0.3, 0.4) is 0 Å². The zero-order chi connectivity index (χ0) is 71.0. The van der Waals surface area contributed by atoms with E-state index in [9.17, 15) is 43.8 Å². The Bertz CT molecular complexity index is 3590. The van der Waals surface area contributed by atoms with Gasteiger partial charge in [0.1, 0.15) is 31.0 Å². The van der Waals surface area contributed by atoms with Gasteiger partial charge >= 0.3 is 65.6 Å². The van der Waals surface area contributed by atoms with Crippen molar-refractivity contribution in [2.24, 2.45) is 5.73 Å². The van der Waals surface area contributed by atoms with Gasteiger partial charge < -0.3 is 60.7 Å². The van der Waals surface area contributed by atoms with Gasteiger partial charge in [-0.05, 0) is 139 Å². The third kappa shape index (κ3) is 28.0. The van der Waals surface area contributed by atoms with Gasteiger partial charge in [0.2, 0.25) is 0 Å². The number of rotatable bonds is 25. The third-order valence-electron chi connectivity index (χ3n) is 15.1. The monoisotopic (exact) mass is 1370 g/mol. The fourth-order valence-electron chi connectivity index (χ4n) is 10.5. The molecule has 0 fully saturated rings. The molecule has 0 saturated heterocycles. The number of ether oxygens (including phenoxy) is 2. The Morgan fingerprint density at radius 3 is 1.19 bits per heavy atom. The number of nitrogens with one attached hydrogen (secondary N) is 2. The number of aldehydes is 1. The van der Waals surface area contributed by atoms with Gasteiger partial charge in [-0.3, -0.25) is 24.6 Å². The summed E-state index contributed by atoms with van der Waals surface area (Å²) in [6.45, 7) is 6.00. The molecule has 0 aliphatic heterocycles. The van der Waals surface area contributed by atoms with E-state index in [-0.39, 0.29) is 69.4 Å². The van der Waals surface area contributed by atoms with E-state index in [0.717, 1.165) is 113 Å². The Labute approximate surface area is 602 Å². The van der Waals surface area contributed by atoms with Crippen LogP contribution in [0.2, 0.25) is 0 Å². The van der Waals surface area contributed by atoms with Crippen molar-refractivity contribution in [2.75, 3.05) is 83.3 Å². The number of aromatic nitrogens is 3. The second-order valence-electron chi connectivity index (χ2n) is 23.1. The number of anilines is 3. The SMILES string of the molecule is CC(=O)OOC(C)=O.CC(=O)[O-].CN(C)c1ccnc(C=O)c1.CN(C)c1ccnc(CN(CCCC[C@H](NC(=O)OCC2c3ccccc3-c3ccccc32)C(=O)O)Cc2cc(N(C)C)ccn2)c1.NCCCC[C@H](NC(=O)OCC1c2ccccc2-c2ccccc21)C(=O)O.[B].[Na+]. The zero-order valence-electron chi connectivity index (χ0n) is 57.8. The average molecular weight is 1370 g/mol. The van der Waals surface area contributed by atoms with Crippen molar-refractivity contribution in [3.8, 4) is 22.3 Å². The first-order valence-corrected chi connectivity index (χ1v) is 31.4. The fourth-order valence-corrected chi connectivity index (χ4v) is 10.5. The van der Waals surface area contributed by atoms with E-state index < -0.39 is 54.1 Å². The summed E-state index contributed by atoms with van der Waals surface area (Å²) in [5.41, 5.74) is 19.9. The van der Waals surface area contributed by atoms with Gasteiger partial charge in [0.15, 0.2) is 6.29 Å². The third-order valence-corrected chi connectivity index (χ3v) is 15.1. The van der Waals surface area contributed by atoms with Crippen molar-refractivity contribution in [2.45, 2.75) is 96.3 Å². The summed E-state index contributed by atoms with van der Waals surface area (Å²) >= 11 is 0. The second kappa shape index (κ2) is 43.5. The molecule has 7 aromatic rings. The van der Waals surface area contributed by atoms with E-state index in [2.05, 4.69) is 88.8 Å². The molecule has 99 heavy (non-hydrogen) atoms. The number of benzene rings is 4. The maximum Gasteiger partial charge on any atom is 1.00 e. The van der Waals surface area contributed by atoms with Crippen molar-refractivity contribution >= 4 is 73.8 Å². The zero-order valence-corrected chi connectivity index (χ0v) is 59.8. The molecule has 2 atom stereocenters. The Balaban J connectivity index is 0.000000408. The molecule has 2 amide bonds. The molecule has 3 radical (unpaired) electrons. The molecule has 519 valence electrons. The molecular weight excluding hydrogens is 1280 g/mol. The number of carbonyl (C=O) groups is 8. The number of alkyl carbamates (subject to hydrolysis) is 2. The number of unbranched alkanes of at least 4 members (excludes halogenated alkanes) is 2. The number of nitrogens with two attached hydrogens (primary N) is 1. The van der Waals surface area contributed by atoms with E-state index in [1.165, 1.54) is 0 Å². The van der Waals surface area contributed by atoms with Crippen LogP contribution in [-0.4, -0.2) is 167 Å². The minimum Gasteiger partial charge on any atom is -0.550 e. The van der Waals surface area contributed by atoms with Crippen LogP contribution in [0, 0.1) is 0 Å². The molecule has 3 heterocycles. The summed E-state index contributed by atoms with van der Waals surface area (Å²) < 4.78 is 11.0. The smallest absolute Gasteiger partial charge is 0.550 e. The standard InChI is InChI=1S/C37H44N6O4.C21H24N2O4.C8H10N2O.C4H6O4.C2H4O2.B.Na/c1-41(2)28-16-18-38-26(21-28)23-43(24-27-22-29(42(3)4)17-19-39-27)20-10-9-15-35(36(44)45)40-37(46)47-25-34-32-13-7-5-11-30(32)31-12-6-8-14-33(31)34;22-12-6-5-11-19(20(24)25)23-21(26)27-13-18-16-9-3-1-7-14(16)15-8-2-4-10-17(15)18;1-10(2)8-3-4-9-7(5-8)6-11;1-3(5)7-8-4(2)6;1-2(3)4;;/h5-8,11-14,16-19,21-22,34-35H,9-10,15,20,23-25H2,1-4H3,(H,40,46)(H,44,45);1-4,7-10,18-19H,5-6,11-13,22H2,(H,23,26)(H,24,25);3-6H,1-2H3;1-2H3;1H3,(H,3,4);;/q;;;;;;+1/p-1/t35-;19-;;;;;/m00...../s1. The Morgan fingerprint density at radius 1 is 0.535 bits per heavy atom. The molecule has 27 heteroatoms. The van der Waals surface area contributed by atoms with Crippen LogP contribution in [0.15, 0.2) is 152 Å². The largest absolute Gasteiger partial charge is 1.00 e. The molecule has 6 N–H and O–H groups in total. The van der Waals surface area contributed by atoms with Crippen LogP contribution in [0.5, 0.6) is 0 Å². The maximum absolute atomic E-state index is 12.8. The Hall–Kier alpha value is -9.73. The van der Waals surface area contributed by atoms with Crippen LogP contribution in [0.4, 0.5) is 26.7 Å². The molecule has 25 nitrogen and oxygen atoms in total. The molecule has 4 aromatic carbocycles. The van der Waals surface area contributed by atoms with Crippen molar-refractivity contribution in [3.05, 3.63) is 191 Å². The molecular formula is C72H87BN10NaO15. The first-order chi connectivity index (χ1) is 46.4. The summed E-state index contributed by atoms with van der Waals surface area (Å²) in [5, 5.41) is 33.1. The van der Waals surface area contributed by atoms with Gasteiger partial charge in [-0.1, -0.05) is 97.1 Å². The number of amides is 2. The van der Waals surface area contributed by atoms with Crippen molar-refractivity contribution in [1.82, 2.24) is 30.5 Å². The number of pyridine rings is 3. The predicted octanol–water partition coefficient (Wildman–Crippen LogP) is 5.25. The van der Waals surface area contributed by atoms with Gasteiger partial charge in [-0.15, -0.1) is 0 Å². The van der Waals surface area contributed by atoms with Crippen molar-refractivity contribution < 1.29 is 102 Å². The van der Waals surface area contributed by atoms with Gasteiger partial charge in [0, 0.05) is 131 Å². The molecule has 3 aromatic heterocycles. The number of carbonyl (C=O) groups excluding carboxylic acids is 6. The first kappa shape index (κ1) is 83.5. The van der Waals surface area contributed by atoms with Crippen LogP contribution in [0.25, 0.3) is 22.3 Å². The molecule has 0 spiro atoms. The maximum atomic E-state index is 12.8. The molecule has 2 aliphatic carbocycles. The summed E-state index contributed by atoms with van der Waals surface area (Å²) in [6, 6.07) is 42.0. The molecule has 0 saturated carbocycles. The van der Waals surface area contributed by atoms with Gasteiger partial charge in [0.25, 0.3) is 0 Å².